The van der Waals surface area contributed by atoms with E-state index in [0.717, 1.165) is 24.9 Å². The van der Waals surface area contributed by atoms with Gasteiger partial charge in [0.15, 0.2) is 0 Å². The smallest absolute Gasteiger partial charge is 0.303 e. The van der Waals surface area contributed by atoms with Crippen LogP contribution in [0.2, 0.25) is 10.3 Å². The van der Waals surface area contributed by atoms with Crippen molar-refractivity contribution in [1.82, 2.24) is 4.57 Å². The molecule has 26 heavy (non-hydrogen) atoms. The summed E-state index contributed by atoms with van der Waals surface area (Å²) >= 11 is 12.8. The number of imidazole rings is 1. The van der Waals surface area contributed by atoms with Gasteiger partial charge in [0.1, 0.15) is 6.54 Å². The van der Waals surface area contributed by atoms with Crippen LogP contribution in [0.5, 0.6) is 0 Å². The zero-order valence-corrected chi connectivity index (χ0v) is 15.9. The fourth-order valence-corrected chi connectivity index (χ4v) is 3.49. The van der Waals surface area contributed by atoms with Crippen LogP contribution in [0.4, 0.5) is 0 Å². The van der Waals surface area contributed by atoms with Crippen LogP contribution in [0.25, 0.3) is 10.8 Å². The highest BCUT2D eigenvalue weighted by Crippen LogP contribution is 2.21. The molecule has 1 aromatic heterocycles. The lowest BCUT2D eigenvalue weighted by Gasteiger charge is -2.02. The van der Waals surface area contributed by atoms with E-state index < -0.39 is 5.97 Å². The van der Waals surface area contributed by atoms with Crippen molar-refractivity contribution in [2.45, 2.75) is 38.8 Å². The molecule has 0 saturated heterocycles. The van der Waals surface area contributed by atoms with Gasteiger partial charge in [0.05, 0.1) is 6.54 Å². The number of aliphatic carboxylic acids is 1. The van der Waals surface area contributed by atoms with Gasteiger partial charge in [-0.3, -0.25) is 4.79 Å². The van der Waals surface area contributed by atoms with E-state index >= 15 is 0 Å². The Morgan fingerprint density at radius 2 is 1.81 bits per heavy atom. The summed E-state index contributed by atoms with van der Waals surface area (Å²) < 4.78 is 3.86. The molecule has 0 aliphatic rings. The largest absolute Gasteiger partial charge is 0.481 e. The van der Waals surface area contributed by atoms with Crippen molar-refractivity contribution in [2.75, 3.05) is 0 Å². The summed E-state index contributed by atoms with van der Waals surface area (Å²) in [5, 5.41) is 12.1. The SMILES string of the molecule is O=C(O)CCCCCn1c[n+](Cc2ccc3ccccc3c2)c(Cl)c1Cl. The van der Waals surface area contributed by atoms with Crippen LogP contribution >= 0.6 is 23.2 Å². The quantitative estimate of drug-likeness (QED) is 0.437. The topological polar surface area (TPSA) is 46.1 Å². The third-order valence-corrected chi connectivity index (χ3v) is 5.30. The molecule has 1 N–H and O–H groups in total. The highest BCUT2D eigenvalue weighted by atomic mass is 35.5. The molecule has 1 heterocycles. The zero-order valence-electron chi connectivity index (χ0n) is 14.4. The van der Waals surface area contributed by atoms with E-state index in [1.807, 2.05) is 27.6 Å². The molecule has 4 nitrogen and oxygen atoms in total. The maximum atomic E-state index is 10.5. The summed E-state index contributed by atoms with van der Waals surface area (Å²) in [6.45, 7) is 1.37. The molecule has 0 atom stereocenters. The van der Waals surface area contributed by atoms with E-state index in [9.17, 15) is 4.79 Å². The summed E-state index contributed by atoms with van der Waals surface area (Å²) in [4.78, 5) is 10.5. The summed E-state index contributed by atoms with van der Waals surface area (Å²) in [6.07, 6.45) is 4.54. The van der Waals surface area contributed by atoms with Gasteiger partial charge < -0.3 is 5.11 Å². The van der Waals surface area contributed by atoms with E-state index in [4.69, 9.17) is 28.3 Å². The first-order chi connectivity index (χ1) is 12.5. The van der Waals surface area contributed by atoms with Crippen molar-refractivity contribution >= 4 is 39.9 Å². The molecule has 0 fully saturated rings. The van der Waals surface area contributed by atoms with Crippen LogP contribution in [0.3, 0.4) is 0 Å². The molecule has 3 rings (SSSR count). The Morgan fingerprint density at radius 1 is 1.04 bits per heavy atom. The number of hydrogen-bond acceptors (Lipinski definition) is 1. The number of carboxylic acid groups (broad SMARTS) is 1. The van der Waals surface area contributed by atoms with E-state index in [1.54, 1.807) is 0 Å². The Kier molecular flexibility index (Phi) is 6.17. The van der Waals surface area contributed by atoms with E-state index in [-0.39, 0.29) is 6.42 Å². The van der Waals surface area contributed by atoms with Gasteiger partial charge in [0.2, 0.25) is 6.33 Å². The highest BCUT2D eigenvalue weighted by molar-refractivity contribution is 6.39. The van der Waals surface area contributed by atoms with Gasteiger partial charge in [-0.05, 0) is 64.9 Å². The summed E-state index contributed by atoms with van der Waals surface area (Å²) in [5.41, 5.74) is 1.16. The molecular formula is C20H21Cl2N2O2+. The Labute approximate surface area is 162 Å². The van der Waals surface area contributed by atoms with Gasteiger partial charge in [-0.1, -0.05) is 36.4 Å². The first-order valence-electron chi connectivity index (χ1n) is 8.67. The summed E-state index contributed by atoms with van der Waals surface area (Å²) in [7, 11) is 0. The monoisotopic (exact) mass is 391 g/mol. The van der Waals surface area contributed by atoms with Gasteiger partial charge in [-0.2, -0.15) is 0 Å². The van der Waals surface area contributed by atoms with Crippen LogP contribution in [0, 0.1) is 0 Å². The second kappa shape index (κ2) is 8.56. The molecule has 2 aromatic carbocycles. The molecule has 6 heteroatoms. The molecule has 0 aliphatic heterocycles. The zero-order chi connectivity index (χ0) is 18.5. The Morgan fingerprint density at radius 3 is 2.58 bits per heavy atom. The maximum Gasteiger partial charge on any atom is 0.303 e. The van der Waals surface area contributed by atoms with Crippen LogP contribution in [-0.2, 0) is 17.9 Å². The number of hydrogen-bond donors (Lipinski definition) is 1. The van der Waals surface area contributed by atoms with Gasteiger partial charge in [-0.25, -0.2) is 9.13 Å². The summed E-state index contributed by atoms with van der Waals surface area (Å²) in [5.74, 6) is -0.750. The van der Waals surface area contributed by atoms with Crippen molar-refractivity contribution in [3.8, 4) is 0 Å². The number of aromatic nitrogens is 2. The fraction of sp³-hybridized carbons (Fsp3) is 0.300. The normalized spacial score (nSPS) is 11.2. The van der Waals surface area contributed by atoms with E-state index in [0.29, 0.717) is 23.3 Å². The molecule has 0 unspecified atom stereocenters. The average molecular weight is 392 g/mol. The van der Waals surface area contributed by atoms with Gasteiger partial charge >= 0.3 is 5.97 Å². The van der Waals surface area contributed by atoms with Crippen LogP contribution in [-0.4, -0.2) is 15.6 Å². The second-order valence-electron chi connectivity index (χ2n) is 6.40. The predicted octanol–water partition coefficient (Wildman–Crippen LogP) is 4.93. The Balaban J connectivity index is 1.67. The number of carbonyl (C=O) groups is 1. The molecule has 0 spiro atoms. The second-order valence-corrected chi connectivity index (χ2v) is 7.12. The molecule has 136 valence electrons. The Hall–Kier alpha value is -2.04. The van der Waals surface area contributed by atoms with E-state index in [2.05, 4.69) is 30.3 Å². The lowest BCUT2D eigenvalue weighted by atomic mass is 10.1. The minimum atomic E-state index is -0.750. The molecule has 0 amide bonds. The van der Waals surface area contributed by atoms with Crippen molar-refractivity contribution in [2.24, 2.45) is 0 Å². The molecule has 0 saturated carbocycles. The molecule has 0 bridgehead atoms. The average Bonchev–Trinajstić information content (AvgIpc) is 2.89. The number of carboxylic acids is 1. The number of halogens is 2. The van der Waals surface area contributed by atoms with E-state index in [1.165, 1.54) is 10.8 Å². The number of rotatable bonds is 8. The molecule has 0 aliphatic carbocycles. The first kappa shape index (κ1) is 18.7. The minimum absolute atomic E-state index is 0.210. The molecular weight excluding hydrogens is 371 g/mol. The third kappa shape index (κ3) is 4.57. The molecule has 0 radical (unpaired) electrons. The van der Waals surface area contributed by atoms with Crippen molar-refractivity contribution in [3.63, 3.8) is 0 Å². The van der Waals surface area contributed by atoms with Gasteiger partial charge in [-0.15, -0.1) is 0 Å². The number of fused-ring (bicyclic) bond motifs is 1. The Bertz CT molecular complexity index is 921. The predicted molar refractivity (Wildman–Crippen MR) is 104 cm³/mol. The van der Waals surface area contributed by atoms with Crippen LogP contribution in [0.15, 0.2) is 48.8 Å². The van der Waals surface area contributed by atoms with Crippen molar-refractivity contribution in [1.29, 1.82) is 0 Å². The highest BCUT2D eigenvalue weighted by Gasteiger charge is 2.20. The minimum Gasteiger partial charge on any atom is -0.481 e. The lowest BCUT2D eigenvalue weighted by molar-refractivity contribution is -0.685. The lowest BCUT2D eigenvalue weighted by Crippen LogP contribution is -2.33. The number of benzene rings is 2. The standard InChI is InChI=1S/C20H20Cl2N2O2/c21-19-20(22)24(14-23(19)11-5-1-2-8-18(25)26)13-15-9-10-16-6-3-4-7-17(16)12-15/h3-4,6-7,9-10,12,14H,1-2,5,8,11,13H2/p+1. The number of unbranched alkanes of at least 4 members (excludes halogenated alkanes) is 2. The van der Waals surface area contributed by atoms with Crippen LogP contribution in [0.1, 0.15) is 31.2 Å². The summed E-state index contributed by atoms with van der Waals surface area (Å²) in [6, 6.07) is 14.6. The number of aryl methyl sites for hydroxylation is 1. The van der Waals surface area contributed by atoms with Crippen molar-refractivity contribution < 1.29 is 14.5 Å². The van der Waals surface area contributed by atoms with Gasteiger partial charge in [0, 0.05) is 6.42 Å². The third-order valence-electron chi connectivity index (χ3n) is 4.41. The molecule has 3 aromatic rings. The van der Waals surface area contributed by atoms with Gasteiger partial charge in [0.25, 0.3) is 10.3 Å². The maximum absolute atomic E-state index is 10.5. The van der Waals surface area contributed by atoms with Crippen LogP contribution < -0.4 is 4.57 Å². The van der Waals surface area contributed by atoms with Crippen molar-refractivity contribution in [3.05, 3.63) is 64.7 Å². The fourth-order valence-electron chi connectivity index (χ4n) is 3.04. The number of nitrogens with zero attached hydrogens (tertiary/aromatic N) is 2. The first-order valence-corrected chi connectivity index (χ1v) is 9.43.